The second-order valence-corrected chi connectivity index (χ2v) is 8.94. The normalized spacial score (nSPS) is 10.5. The Labute approximate surface area is 224 Å². The number of benzene rings is 2. The lowest BCUT2D eigenvalue weighted by Gasteiger charge is -2.31. The van der Waals surface area contributed by atoms with Gasteiger partial charge in [0.25, 0.3) is 5.91 Å². The van der Waals surface area contributed by atoms with Crippen molar-refractivity contribution in [3.05, 3.63) is 53.6 Å². The van der Waals surface area contributed by atoms with Crippen molar-refractivity contribution in [2.75, 3.05) is 19.8 Å². The molecule has 4 N–H and O–H groups in total. The minimum absolute atomic E-state index is 0. The maximum Gasteiger partial charge on any atom is 0.341 e. The first kappa shape index (κ1) is 31.6. The van der Waals surface area contributed by atoms with Gasteiger partial charge in [0, 0.05) is 23.7 Å². The molecular weight excluding hydrogens is 498 g/mol. The predicted molar refractivity (Wildman–Crippen MR) is 146 cm³/mol. The zero-order valence-electron chi connectivity index (χ0n) is 21.9. The van der Waals surface area contributed by atoms with Gasteiger partial charge in [-0.15, -0.1) is 12.4 Å². The molecule has 0 unspecified atom stereocenters. The number of halogens is 1. The topological polar surface area (TPSA) is 135 Å². The van der Waals surface area contributed by atoms with Crippen LogP contribution in [0.1, 0.15) is 62.9 Å². The number of aliphatic carboxylic acids is 1. The van der Waals surface area contributed by atoms with Crippen LogP contribution in [0.3, 0.4) is 0 Å². The maximum absolute atomic E-state index is 13.1. The summed E-state index contributed by atoms with van der Waals surface area (Å²) in [5.41, 5.74) is 6.41. The Morgan fingerprint density at radius 3 is 1.95 bits per heavy atom. The highest BCUT2D eigenvalue weighted by molar-refractivity contribution is 5.97. The summed E-state index contributed by atoms with van der Waals surface area (Å²) < 4.78 is 17.0. The summed E-state index contributed by atoms with van der Waals surface area (Å²) in [6.07, 6.45) is 2.54. The second kappa shape index (κ2) is 15.6. The number of carbonyl (C=O) groups excluding carboxylic acids is 1. The molecule has 0 saturated carbocycles. The average Bonchev–Trinajstić information content (AvgIpc) is 2.82. The van der Waals surface area contributed by atoms with Gasteiger partial charge in [-0.2, -0.15) is 0 Å². The molecule has 1 amide bonds. The van der Waals surface area contributed by atoms with Crippen LogP contribution in [-0.2, 0) is 4.79 Å². The molecule has 0 saturated heterocycles. The molecule has 2 aromatic carbocycles. The lowest BCUT2D eigenvalue weighted by Crippen LogP contribution is -2.42. The Balaban J connectivity index is 0.00000684. The van der Waals surface area contributed by atoms with E-state index >= 15 is 0 Å². The van der Waals surface area contributed by atoms with Crippen LogP contribution in [-0.4, -0.2) is 59.6 Å². The third-order valence-corrected chi connectivity index (χ3v) is 5.37. The number of carbonyl (C=O) groups is 2. The third-order valence-electron chi connectivity index (χ3n) is 5.37. The van der Waals surface area contributed by atoms with E-state index in [0.717, 1.165) is 25.0 Å². The number of nitrogens with zero attached hydrogens (tertiary/aromatic N) is 1. The van der Waals surface area contributed by atoms with E-state index in [2.05, 4.69) is 0 Å². The fourth-order valence-corrected chi connectivity index (χ4v) is 3.72. The summed E-state index contributed by atoms with van der Waals surface area (Å²) in [4.78, 5) is 25.9. The number of amides is 1. The number of hydrogen-bond acceptors (Lipinski definition) is 6. The minimum Gasteiger partial charge on any atom is -0.494 e. The van der Waals surface area contributed by atoms with Gasteiger partial charge in [0.15, 0.2) is 6.61 Å². The summed E-state index contributed by atoms with van der Waals surface area (Å²) in [6.45, 7) is 8.20. The fraction of sp³-hybridized carbons (Fsp3) is 0.444. The fourth-order valence-electron chi connectivity index (χ4n) is 3.72. The third kappa shape index (κ3) is 10.2. The summed E-state index contributed by atoms with van der Waals surface area (Å²) >= 11 is 0. The quantitative estimate of drug-likeness (QED) is 0.170. The van der Waals surface area contributed by atoms with E-state index in [1.54, 1.807) is 47.4 Å². The molecule has 0 aliphatic rings. The molecule has 0 heterocycles. The molecule has 0 spiro atoms. The molecule has 9 nitrogen and oxygen atoms in total. The Bertz CT molecular complexity index is 1020. The van der Waals surface area contributed by atoms with Gasteiger partial charge in [-0.1, -0.05) is 0 Å². The van der Waals surface area contributed by atoms with Gasteiger partial charge >= 0.3 is 5.97 Å². The van der Waals surface area contributed by atoms with Gasteiger partial charge in [-0.25, -0.2) is 4.79 Å². The lowest BCUT2D eigenvalue weighted by atomic mass is 10.1. The largest absolute Gasteiger partial charge is 0.494 e. The molecule has 37 heavy (non-hydrogen) atoms. The van der Waals surface area contributed by atoms with Gasteiger partial charge in [0.1, 0.15) is 23.1 Å². The first-order valence-corrected chi connectivity index (χ1v) is 12.1. The highest BCUT2D eigenvalue weighted by atomic mass is 35.5. The van der Waals surface area contributed by atoms with Crippen LogP contribution in [0.2, 0.25) is 0 Å². The highest BCUT2D eigenvalue weighted by Crippen LogP contribution is 2.28. The summed E-state index contributed by atoms with van der Waals surface area (Å²) in [6, 6.07) is 11.9. The first-order valence-electron chi connectivity index (χ1n) is 12.1. The van der Waals surface area contributed by atoms with Crippen molar-refractivity contribution < 1.29 is 28.9 Å². The number of unbranched alkanes of at least 4 members (excludes halogenated alkanes) is 2. The monoisotopic (exact) mass is 535 g/mol. The van der Waals surface area contributed by atoms with Crippen LogP contribution in [0.25, 0.3) is 0 Å². The number of nitrogens with one attached hydrogen (secondary N) is 1. The Morgan fingerprint density at radius 1 is 0.892 bits per heavy atom. The van der Waals surface area contributed by atoms with Crippen molar-refractivity contribution in [3.8, 4) is 17.2 Å². The lowest BCUT2D eigenvalue weighted by molar-refractivity contribution is -0.139. The molecular formula is C27H38ClN3O6. The summed E-state index contributed by atoms with van der Waals surface area (Å²) in [7, 11) is 0. The standard InChI is InChI=1S/C27H37N3O6.ClH/c1-18(2)30(19(3)4)27(33)23-13-12-22(16-24(23)36-17-25(31)32)35-15-7-5-6-14-34-21-10-8-20(9-11-21)26(28)29;/h8-13,16,18-19H,5-7,14-15,17H2,1-4H3,(H3,28,29)(H,31,32);1H. The Hall–Kier alpha value is -3.46. The van der Waals surface area contributed by atoms with Gasteiger partial charge < -0.3 is 30.0 Å². The number of rotatable bonds is 15. The van der Waals surface area contributed by atoms with Crippen LogP contribution < -0.4 is 19.9 Å². The number of nitrogen functional groups attached to an aromatic ring is 1. The predicted octanol–water partition coefficient (Wildman–Crippen LogP) is 4.74. The molecule has 0 aromatic heterocycles. The van der Waals surface area contributed by atoms with E-state index in [1.807, 2.05) is 27.7 Å². The molecule has 0 atom stereocenters. The number of hydrogen-bond donors (Lipinski definition) is 3. The van der Waals surface area contributed by atoms with Crippen molar-refractivity contribution in [2.45, 2.75) is 59.0 Å². The first-order chi connectivity index (χ1) is 17.1. The van der Waals surface area contributed by atoms with E-state index in [1.165, 1.54) is 0 Å². The highest BCUT2D eigenvalue weighted by Gasteiger charge is 2.25. The molecule has 204 valence electrons. The molecule has 0 aliphatic carbocycles. The van der Waals surface area contributed by atoms with E-state index < -0.39 is 12.6 Å². The summed E-state index contributed by atoms with van der Waals surface area (Å²) in [5.74, 6) is 0.110. The van der Waals surface area contributed by atoms with E-state index in [0.29, 0.717) is 30.1 Å². The van der Waals surface area contributed by atoms with E-state index in [9.17, 15) is 9.59 Å². The number of nitrogens with two attached hydrogens (primary N) is 1. The number of ether oxygens (including phenoxy) is 3. The van der Waals surface area contributed by atoms with Gasteiger partial charge in [0.05, 0.1) is 18.8 Å². The smallest absolute Gasteiger partial charge is 0.341 e. The van der Waals surface area contributed by atoms with Crippen LogP contribution in [0.5, 0.6) is 17.2 Å². The van der Waals surface area contributed by atoms with Crippen molar-refractivity contribution in [3.63, 3.8) is 0 Å². The van der Waals surface area contributed by atoms with Crippen LogP contribution >= 0.6 is 12.4 Å². The molecule has 10 heteroatoms. The number of carboxylic acid groups (broad SMARTS) is 1. The molecule has 2 rings (SSSR count). The van der Waals surface area contributed by atoms with Crippen molar-refractivity contribution >= 4 is 30.1 Å². The number of amidine groups is 1. The zero-order valence-corrected chi connectivity index (χ0v) is 22.7. The van der Waals surface area contributed by atoms with E-state index in [-0.39, 0.29) is 42.0 Å². The SMILES string of the molecule is CC(C)N(C(=O)c1ccc(OCCCCCOc2ccc(C(=N)N)cc2)cc1OCC(=O)O)C(C)C.Cl. The van der Waals surface area contributed by atoms with Gasteiger partial charge in [-0.3, -0.25) is 10.2 Å². The zero-order chi connectivity index (χ0) is 26.7. The molecule has 0 bridgehead atoms. The molecule has 2 aromatic rings. The maximum atomic E-state index is 13.1. The van der Waals surface area contributed by atoms with Crippen LogP contribution in [0, 0.1) is 5.41 Å². The number of carboxylic acids is 1. The van der Waals surface area contributed by atoms with Crippen LogP contribution in [0.4, 0.5) is 0 Å². The molecule has 0 fully saturated rings. The van der Waals surface area contributed by atoms with E-state index in [4.69, 9.17) is 30.5 Å². The van der Waals surface area contributed by atoms with Gasteiger partial charge in [0.2, 0.25) is 0 Å². The minimum atomic E-state index is -1.12. The van der Waals surface area contributed by atoms with Crippen LogP contribution in [0.15, 0.2) is 42.5 Å². The van der Waals surface area contributed by atoms with Gasteiger partial charge in [-0.05, 0) is 83.4 Å². The van der Waals surface area contributed by atoms with Crippen molar-refractivity contribution in [1.82, 2.24) is 4.90 Å². The average molecular weight is 536 g/mol. The van der Waals surface area contributed by atoms with Crippen molar-refractivity contribution in [2.24, 2.45) is 5.73 Å². The Kier molecular flexibility index (Phi) is 13.3. The van der Waals surface area contributed by atoms with Crippen molar-refractivity contribution in [1.29, 1.82) is 5.41 Å². The summed E-state index contributed by atoms with van der Waals surface area (Å²) in [5, 5.41) is 16.4. The molecule has 0 aliphatic heterocycles. The second-order valence-electron chi connectivity index (χ2n) is 8.94. The Morgan fingerprint density at radius 2 is 1.43 bits per heavy atom. The molecule has 0 radical (unpaired) electrons.